The van der Waals surface area contributed by atoms with E-state index in [2.05, 4.69) is 15.5 Å². The topological polar surface area (TPSA) is 139 Å². The zero-order valence-corrected chi connectivity index (χ0v) is 19.7. The molecule has 0 aliphatic carbocycles. The first kappa shape index (κ1) is 24.3. The Hall–Kier alpha value is -3.30. The zero-order chi connectivity index (χ0) is 24.2. The van der Waals surface area contributed by atoms with E-state index >= 15 is 0 Å². The Morgan fingerprint density at radius 2 is 1.85 bits per heavy atom. The maximum atomic E-state index is 12.3. The van der Waals surface area contributed by atoms with Gasteiger partial charge in [0.2, 0.25) is 19.3 Å². The van der Waals surface area contributed by atoms with Crippen molar-refractivity contribution in [2.24, 2.45) is 0 Å². The number of hydrogen-bond acceptors (Lipinski definition) is 9. The Balaban J connectivity index is 1.70. The van der Waals surface area contributed by atoms with Crippen molar-refractivity contribution in [3.05, 3.63) is 69.2 Å². The number of esters is 1. The van der Waals surface area contributed by atoms with Gasteiger partial charge in [-0.3, -0.25) is 10.1 Å². The molecule has 0 bridgehead atoms. The van der Waals surface area contributed by atoms with Crippen molar-refractivity contribution in [1.82, 2.24) is 10.2 Å². The highest BCUT2D eigenvalue weighted by Crippen LogP contribution is 2.24. The van der Waals surface area contributed by atoms with Gasteiger partial charge in [-0.1, -0.05) is 46.7 Å². The fourth-order valence-corrected chi connectivity index (χ4v) is 4.33. The minimum atomic E-state index is -3.56. The number of amides is 1. The standard InChI is InChI=1S/C20H12Cl2N4O5S2/c1-33(29,30)20-26-25-19(32-20)24-17(27)12(10-23)8-11-2-5-14(6-3-11)31-18(28)15-7-4-13(21)9-16(15)22/h2-9H,1H3,(H,24,25,27). The number of aromatic nitrogens is 2. The Morgan fingerprint density at radius 3 is 2.42 bits per heavy atom. The van der Waals surface area contributed by atoms with Crippen molar-refractivity contribution in [3.8, 4) is 11.8 Å². The lowest BCUT2D eigenvalue weighted by Gasteiger charge is -2.06. The molecular weight excluding hydrogens is 511 g/mol. The van der Waals surface area contributed by atoms with E-state index in [9.17, 15) is 23.3 Å². The Labute approximate surface area is 202 Å². The summed E-state index contributed by atoms with van der Waals surface area (Å²) in [5.74, 6) is -1.25. The summed E-state index contributed by atoms with van der Waals surface area (Å²) < 4.78 is 27.9. The van der Waals surface area contributed by atoms with Gasteiger partial charge in [-0.05, 0) is 42.0 Å². The van der Waals surface area contributed by atoms with Crippen LogP contribution >= 0.6 is 34.5 Å². The number of carbonyl (C=O) groups excluding carboxylic acids is 2. The third-order valence-corrected chi connectivity index (χ3v) is 6.92. The van der Waals surface area contributed by atoms with Crippen LogP contribution in [-0.4, -0.2) is 36.7 Å². The summed E-state index contributed by atoms with van der Waals surface area (Å²) in [6.07, 6.45) is 2.26. The molecule has 168 valence electrons. The third kappa shape index (κ3) is 6.36. The van der Waals surface area contributed by atoms with Gasteiger partial charge in [-0.25, -0.2) is 13.2 Å². The number of anilines is 1. The summed E-state index contributed by atoms with van der Waals surface area (Å²) in [6.45, 7) is 0. The van der Waals surface area contributed by atoms with E-state index in [1.807, 2.05) is 0 Å². The van der Waals surface area contributed by atoms with Gasteiger partial charge in [-0.2, -0.15) is 5.26 Å². The van der Waals surface area contributed by atoms with Gasteiger partial charge in [-0.15, -0.1) is 10.2 Å². The van der Waals surface area contributed by atoms with E-state index in [-0.39, 0.29) is 31.4 Å². The van der Waals surface area contributed by atoms with E-state index < -0.39 is 21.7 Å². The van der Waals surface area contributed by atoms with Crippen LogP contribution < -0.4 is 10.1 Å². The molecule has 0 fully saturated rings. The average molecular weight is 523 g/mol. The quantitative estimate of drug-likeness (QED) is 0.168. The van der Waals surface area contributed by atoms with Crippen LogP contribution in [0.25, 0.3) is 6.08 Å². The van der Waals surface area contributed by atoms with E-state index in [4.69, 9.17) is 27.9 Å². The Kier molecular flexibility index (Phi) is 7.45. The number of benzene rings is 2. The molecule has 0 aliphatic rings. The monoisotopic (exact) mass is 522 g/mol. The van der Waals surface area contributed by atoms with Crippen LogP contribution in [0.3, 0.4) is 0 Å². The number of nitriles is 1. The first-order valence-corrected chi connectivity index (χ1v) is 12.3. The second kappa shape index (κ2) is 10.1. The summed E-state index contributed by atoms with van der Waals surface area (Å²) >= 11 is 12.5. The fourth-order valence-electron chi connectivity index (χ4n) is 2.34. The lowest BCUT2D eigenvalue weighted by atomic mass is 10.1. The van der Waals surface area contributed by atoms with Crippen LogP contribution in [0.15, 0.2) is 52.4 Å². The molecule has 0 unspecified atom stereocenters. The molecule has 1 N–H and O–H groups in total. The van der Waals surface area contributed by atoms with Crippen molar-refractivity contribution >= 4 is 67.5 Å². The van der Waals surface area contributed by atoms with Gasteiger partial charge >= 0.3 is 5.97 Å². The van der Waals surface area contributed by atoms with Crippen molar-refractivity contribution in [2.75, 3.05) is 11.6 Å². The Bertz CT molecular complexity index is 1410. The molecule has 0 spiro atoms. The van der Waals surface area contributed by atoms with Crippen molar-refractivity contribution in [1.29, 1.82) is 5.26 Å². The molecule has 0 radical (unpaired) electrons. The summed E-state index contributed by atoms with van der Waals surface area (Å²) in [6, 6.07) is 12.2. The molecule has 0 saturated heterocycles. The first-order valence-electron chi connectivity index (χ1n) is 8.81. The maximum Gasteiger partial charge on any atom is 0.345 e. The molecule has 0 saturated carbocycles. The largest absolute Gasteiger partial charge is 0.423 e. The van der Waals surface area contributed by atoms with Crippen LogP contribution in [0.1, 0.15) is 15.9 Å². The highest BCUT2D eigenvalue weighted by molar-refractivity contribution is 7.92. The third-order valence-electron chi connectivity index (χ3n) is 3.86. The normalized spacial score (nSPS) is 11.5. The first-order chi connectivity index (χ1) is 15.6. The zero-order valence-electron chi connectivity index (χ0n) is 16.6. The molecule has 1 heterocycles. The SMILES string of the molecule is CS(=O)(=O)c1nnc(NC(=O)C(C#N)=Cc2ccc(OC(=O)c3ccc(Cl)cc3Cl)cc2)s1. The number of rotatable bonds is 6. The number of nitrogens with one attached hydrogen (secondary N) is 1. The molecule has 1 amide bonds. The van der Waals surface area contributed by atoms with Crippen LogP contribution in [0.5, 0.6) is 5.75 Å². The van der Waals surface area contributed by atoms with Crippen LogP contribution in [0, 0.1) is 11.3 Å². The average Bonchev–Trinajstić information content (AvgIpc) is 3.22. The predicted octanol–water partition coefficient (Wildman–Crippen LogP) is 4.01. The van der Waals surface area contributed by atoms with Gasteiger partial charge < -0.3 is 4.74 Å². The number of ether oxygens (including phenoxy) is 1. The van der Waals surface area contributed by atoms with Gasteiger partial charge in [0.05, 0.1) is 10.6 Å². The van der Waals surface area contributed by atoms with Crippen molar-refractivity contribution < 1.29 is 22.7 Å². The second-order valence-electron chi connectivity index (χ2n) is 6.35. The minimum Gasteiger partial charge on any atom is -0.423 e. The van der Waals surface area contributed by atoms with Crippen LogP contribution in [0.4, 0.5) is 5.13 Å². The van der Waals surface area contributed by atoms with Gasteiger partial charge in [0.25, 0.3) is 5.91 Å². The summed E-state index contributed by atoms with van der Waals surface area (Å²) in [5.41, 5.74) is 0.355. The fraction of sp³-hybridized carbons (Fsp3) is 0.0500. The number of sulfone groups is 1. The molecule has 0 aliphatic heterocycles. The van der Waals surface area contributed by atoms with Crippen LogP contribution in [0.2, 0.25) is 10.0 Å². The second-order valence-corrected chi connectivity index (χ2v) is 10.4. The molecule has 3 aromatic rings. The van der Waals surface area contributed by atoms with E-state index in [1.54, 1.807) is 6.07 Å². The highest BCUT2D eigenvalue weighted by atomic mass is 35.5. The van der Waals surface area contributed by atoms with E-state index in [0.717, 1.165) is 6.26 Å². The Morgan fingerprint density at radius 1 is 1.15 bits per heavy atom. The lowest BCUT2D eigenvalue weighted by Crippen LogP contribution is -2.13. The minimum absolute atomic E-state index is 0.0651. The van der Waals surface area contributed by atoms with E-state index in [0.29, 0.717) is 21.9 Å². The van der Waals surface area contributed by atoms with Gasteiger partial charge in [0, 0.05) is 11.3 Å². The number of hydrogen-bond donors (Lipinski definition) is 1. The van der Waals surface area contributed by atoms with E-state index in [1.165, 1.54) is 48.5 Å². The van der Waals surface area contributed by atoms with Gasteiger partial charge in [0.15, 0.2) is 0 Å². The number of halogens is 2. The molecule has 3 rings (SSSR count). The van der Waals surface area contributed by atoms with Gasteiger partial charge in [0.1, 0.15) is 17.4 Å². The molecule has 2 aromatic carbocycles. The van der Waals surface area contributed by atoms with Crippen molar-refractivity contribution in [2.45, 2.75) is 4.34 Å². The molecule has 1 aromatic heterocycles. The lowest BCUT2D eigenvalue weighted by molar-refractivity contribution is -0.112. The highest BCUT2D eigenvalue weighted by Gasteiger charge is 2.18. The number of nitrogens with zero attached hydrogens (tertiary/aromatic N) is 3. The summed E-state index contributed by atoms with van der Waals surface area (Å²) in [7, 11) is -3.56. The summed E-state index contributed by atoms with van der Waals surface area (Å²) in [5, 5.41) is 19.2. The smallest absolute Gasteiger partial charge is 0.345 e. The molecule has 13 heteroatoms. The molecule has 0 atom stereocenters. The summed E-state index contributed by atoms with van der Waals surface area (Å²) in [4.78, 5) is 24.6. The molecular formula is C20H12Cl2N4O5S2. The predicted molar refractivity (Wildman–Crippen MR) is 123 cm³/mol. The molecule has 9 nitrogen and oxygen atoms in total. The van der Waals surface area contributed by atoms with Crippen LogP contribution in [-0.2, 0) is 14.6 Å². The molecule has 33 heavy (non-hydrogen) atoms. The number of carbonyl (C=O) groups is 2. The maximum absolute atomic E-state index is 12.3. The van der Waals surface area contributed by atoms with Crippen molar-refractivity contribution in [3.63, 3.8) is 0 Å².